The first-order valence-electron chi connectivity index (χ1n) is 9.58. The van der Waals surface area contributed by atoms with Crippen LogP contribution in [0.5, 0.6) is 0 Å². The predicted octanol–water partition coefficient (Wildman–Crippen LogP) is 1.46. The standard InChI is InChI=1S/C18H35N5/c1-4-19-17(23-9-8-18(15-23)6-5-7-18)20-14-16(2)22-12-10-21(3)11-13-22/h16H,4-15H2,1-3H3,(H,19,20). The smallest absolute Gasteiger partial charge is 0.193 e. The predicted molar refractivity (Wildman–Crippen MR) is 97.0 cm³/mol. The molecule has 23 heavy (non-hydrogen) atoms. The van der Waals surface area contributed by atoms with Gasteiger partial charge in [-0.05, 0) is 45.6 Å². The molecule has 0 amide bonds. The van der Waals surface area contributed by atoms with Gasteiger partial charge in [0.2, 0.25) is 0 Å². The number of aliphatic imine (C=N–C) groups is 1. The SMILES string of the molecule is CCNC(=NCC(C)N1CCN(C)CC1)N1CCC2(CCC2)C1. The number of nitrogens with zero attached hydrogens (tertiary/aromatic N) is 4. The Balaban J connectivity index is 1.54. The van der Waals surface area contributed by atoms with E-state index in [2.05, 4.69) is 40.9 Å². The monoisotopic (exact) mass is 321 g/mol. The molecule has 3 fully saturated rings. The van der Waals surface area contributed by atoms with Crippen molar-refractivity contribution >= 4 is 5.96 Å². The molecule has 1 N–H and O–H groups in total. The number of rotatable bonds is 4. The van der Waals surface area contributed by atoms with Crippen LogP contribution in [0.3, 0.4) is 0 Å². The first kappa shape index (κ1) is 17.0. The van der Waals surface area contributed by atoms with Gasteiger partial charge in [-0.1, -0.05) is 6.42 Å². The van der Waals surface area contributed by atoms with Crippen molar-refractivity contribution in [3.05, 3.63) is 0 Å². The molecular weight excluding hydrogens is 286 g/mol. The molecule has 3 rings (SSSR count). The number of hydrogen-bond acceptors (Lipinski definition) is 3. The van der Waals surface area contributed by atoms with Crippen molar-refractivity contribution in [3.63, 3.8) is 0 Å². The van der Waals surface area contributed by atoms with Gasteiger partial charge in [0.05, 0.1) is 6.54 Å². The van der Waals surface area contributed by atoms with Gasteiger partial charge in [0, 0.05) is 51.9 Å². The van der Waals surface area contributed by atoms with Gasteiger partial charge in [0.15, 0.2) is 5.96 Å². The molecule has 2 heterocycles. The molecular formula is C18H35N5. The lowest BCUT2D eigenvalue weighted by Gasteiger charge is -2.38. The van der Waals surface area contributed by atoms with Gasteiger partial charge in [-0.3, -0.25) is 9.89 Å². The van der Waals surface area contributed by atoms with Crippen LogP contribution in [0, 0.1) is 5.41 Å². The third-order valence-electron chi connectivity index (χ3n) is 6.15. The van der Waals surface area contributed by atoms with Crippen molar-refractivity contribution in [3.8, 4) is 0 Å². The van der Waals surface area contributed by atoms with Crippen LogP contribution in [0.2, 0.25) is 0 Å². The number of piperazine rings is 1. The third kappa shape index (κ3) is 4.00. The molecule has 1 aliphatic carbocycles. The lowest BCUT2D eigenvalue weighted by atomic mass is 9.68. The molecule has 1 spiro atoms. The maximum absolute atomic E-state index is 4.99. The summed E-state index contributed by atoms with van der Waals surface area (Å²) in [5.74, 6) is 1.15. The average Bonchev–Trinajstić information content (AvgIpc) is 2.97. The third-order valence-corrected chi connectivity index (χ3v) is 6.15. The Morgan fingerprint density at radius 3 is 2.43 bits per heavy atom. The van der Waals surface area contributed by atoms with Crippen LogP contribution in [0.4, 0.5) is 0 Å². The minimum Gasteiger partial charge on any atom is -0.357 e. The molecule has 2 aliphatic heterocycles. The molecule has 3 aliphatic rings. The summed E-state index contributed by atoms with van der Waals surface area (Å²) in [7, 11) is 2.22. The van der Waals surface area contributed by atoms with Crippen LogP contribution in [0.25, 0.3) is 0 Å². The second-order valence-electron chi connectivity index (χ2n) is 7.91. The molecule has 132 valence electrons. The minimum absolute atomic E-state index is 0.539. The fraction of sp³-hybridized carbons (Fsp3) is 0.944. The Morgan fingerprint density at radius 1 is 1.13 bits per heavy atom. The van der Waals surface area contributed by atoms with Crippen molar-refractivity contribution in [1.29, 1.82) is 0 Å². The molecule has 1 atom stereocenters. The molecule has 0 radical (unpaired) electrons. The second kappa shape index (κ2) is 7.39. The van der Waals surface area contributed by atoms with Crippen molar-refractivity contribution in [2.24, 2.45) is 10.4 Å². The highest BCUT2D eigenvalue weighted by Crippen LogP contribution is 2.47. The van der Waals surface area contributed by atoms with E-state index in [1.807, 2.05) is 0 Å². The normalized spacial score (nSPS) is 27.3. The number of likely N-dealkylation sites (N-methyl/N-ethyl adjacent to an activating group) is 1. The molecule has 0 aromatic heterocycles. The Hall–Kier alpha value is -0.810. The van der Waals surface area contributed by atoms with Crippen LogP contribution in [0.1, 0.15) is 39.5 Å². The van der Waals surface area contributed by atoms with Crippen molar-refractivity contribution in [2.75, 3.05) is 59.4 Å². The van der Waals surface area contributed by atoms with Crippen LogP contribution >= 0.6 is 0 Å². The summed E-state index contributed by atoms with van der Waals surface area (Å²) >= 11 is 0. The Labute approximate surface area is 142 Å². The van der Waals surface area contributed by atoms with Gasteiger partial charge in [0.1, 0.15) is 0 Å². The maximum Gasteiger partial charge on any atom is 0.193 e. The lowest BCUT2D eigenvalue weighted by Crippen LogP contribution is -2.49. The average molecular weight is 322 g/mol. The van der Waals surface area contributed by atoms with Crippen molar-refractivity contribution in [2.45, 2.75) is 45.6 Å². The van der Waals surface area contributed by atoms with E-state index in [9.17, 15) is 0 Å². The summed E-state index contributed by atoms with van der Waals surface area (Å²) in [6.07, 6.45) is 5.66. The Kier molecular flexibility index (Phi) is 5.47. The summed E-state index contributed by atoms with van der Waals surface area (Å²) in [6, 6.07) is 0.539. The summed E-state index contributed by atoms with van der Waals surface area (Å²) in [5.41, 5.74) is 0.638. The van der Waals surface area contributed by atoms with E-state index in [-0.39, 0.29) is 0 Å². The minimum atomic E-state index is 0.539. The van der Waals surface area contributed by atoms with Crippen molar-refractivity contribution < 1.29 is 0 Å². The van der Waals surface area contributed by atoms with E-state index >= 15 is 0 Å². The maximum atomic E-state index is 4.99. The number of hydrogen-bond donors (Lipinski definition) is 1. The highest BCUT2D eigenvalue weighted by atomic mass is 15.3. The van der Waals surface area contributed by atoms with Gasteiger partial charge in [-0.15, -0.1) is 0 Å². The number of guanidine groups is 1. The van der Waals surface area contributed by atoms with Crippen molar-refractivity contribution in [1.82, 2.24) is 20.0 Å². The summed E-state index contributed by atoms with van der Waals surface area (Å²) in [6.45, 7) is 13.5. The Bertz CT molecular complexity index is 410. The Morgan fingerprint density at radius 2 is 1.87 bits per heavy atom. The van der Waals surface area contributed by atoms with Gasteiger partial charge in [-0.25, -0.2) is 0 Å². The zero-order chi connectivity index (χ0) is 16.3. The highest BCUT2D eigenvalue weighted by molar-refractivity contribution is 5.80. The van der Waals surface area contributed by atoms with Gasteiger partial charge in [-0.2, -0.15) is 0 Å². The van der Waals surface area contributed by atoms with Crippen LogP contribution in [-0.4, -0.2) is 86.1 Å². The largest absolute Gasteiger partial charge is 0.357 e. The van der Waals surface area contributed by atoms with Gasteiger partial charge >= 0.3 is 0 Å². The molecule has 5 heteroatoms. The molecule has 2 saturated heterocycles. The van der Waals surface area contributed by atoms with E-state index in [4.69, 9.17) is 4.99 Å². The van der Waals surface area contributed by atoms with E-state index in [1.54, 1.807) is 0 Å². The lowest BCUT2D eigenvalue weighted by molar-refractivity contribution is 0.122. The van der Waals surface area contributed by atoms with Crippen LogP contribution in [-0.2, 0) is 0 Å². The fourth-order valence-electron chi connectivity index (χ4n) is 4.22. The highest BCUT2D eigenvalue weighted by Gasteiger charge is 2.43. The summed E-state index contributed by atoms with van der Waals surface area (Å²) in [5, 5.41) is 3.53. The summed E-state index contributed by atoms with van der Waals surface area (Å²) in [4.78, 5) is 12.5. The zero-order valence-corrected chi connectivity index (χ0v) is 15.4. The van der Waals surface area contributed by atoms with Gasteiger partial charge in [0.25, 0.3) is 0 Å². The molecule has 0 aromatic rings. The first-order chi connectivity index (χ1) is 11.1. The summed E-state index contributed by atoms with van der Waals surface area (Å²) < 4.78 is 0. The van der Waals surface area contributed by atoms with Crippen LogP contribution in [0.15, 0.2) is 4.99 Å². The zero-order valence-electron chi connectivity index (χ0n) is 15.4. The van der Waals surface area contributed by atoms with E-state index < -0.39 is 0 Å². The van der Waals surface area contributed by atoms with E-state index in [1.165, 1.54) is 65.0 Å². The fourth-order valence-corrected chi connectivity index (χ4v) is 4.22. The quantitative estimate of drug-likeness (QED) is 0.628. The second-order valence-corrected chi connectivity index (χ2v) is 7.91. The number of nitrogens with one attached hydrogen (secondary N) is 1. The van der Waals surface area contributed by atoms with E-state index in [0.717, 1.165) is 19.0 Å². The molecule has 1 saturated carbocycles. The molecule has 0 bridgehead atoms. The van der Waals surface area contributed by atoms with E-state index in [0.29, 0.717) is 11.5 Å². The van der Waals surface area contributed by atoms with Gasteiger partial charge < -0.3 is 15.1 Å². The molecule has 5 nitrogen and oxygen atoms in total. The molecule has 0 aromatic carbocycles. The topological polar surface area (TPSA) is 34.1 Å². The van der Waals surface area contributed by atoms with Crippen LogP contribution < -0.4 is 5.32 Å². The first-order valence-corrected chi connectivity index (χ1v) is 9.58. The molecule has 1 unspecified atom stereocenters. The number of likely N-dealkylation sites (tertiary alicyclic amines) is 1.